The summed E-state index contributed by atoms with van der Waals surface area (Å²) in [5.74, 6) is 0.596. The Kier molecular flexibility index (Phi) is 3.76. The van der Waals surface area contributed by atoms with E-state index in [1.165, 1.54) is 11.1 Å². The number of nitrogens with zero attached hydrogens (tertiary/aromatic N) is 1. The van der Waals surface area contributed by atoms with Crippen molar-refractivity contribution >= 4 is 5.91 Å². The molecule has 0 radical (unpaired) electrons. The van der Waals surface area contributed by atoms with Gasteiger partial charge in [-0.15, -0.1) is 0 Å². The highest BCUT2D eigenvalue weighted by molar-refractivity contribution is 5.92. The Labute approximate surface area is 126 Å². The fourth-order valence-corrected chi connectivity index (χ4v) is 3.24. The second-order valence-electron chi connectivity index (χ2n) is 6.56. The van der Waals surface area contributed by atoms with Crippen molar-refractivity contribution in [3.8, 4) is 0 Å². The number of rotatable bonds is 5. The molecule has 1 aliphatic heterocycles. The Morgan fingerprint density at radius 2 is 2.24 bits per heavy atom. The maximum absolute atomic E-state index is 12.7. The van der Waals surface area contributed by atoms with Gasteiger partial charge in [0.05, 0.1) is 6.61 Å². The van der Waals surface area contributed by atoms with Gasteiger partial charge in [-0.2, -0.15) is 0 Å². The normalized spacial score (nSPS) is 24.6. The molecule has 3 rings (SSSR count). The largest absolute Gasteiger partial charge is 0.384 e. The molecule has 1 aliphatic carbocycles. The average Bonchev–Trinajstić information content (AvgIpc) is 3.18. The molecular formula is C17H24N2O2. The van der Waals surface area contributed by atoms with Crippen LogP contribution in [0.3, 0.4) is 0 Å². The quantitative estimate of drug-likeness (QED) is 0.903. The van der Waals surface area contributed by atoms with Crippen LogP contribution < -0.4 is 5.32 Å². The van der Waals surface area contributed by atoms with Gasteiger partial charge in [-0.25, -0.2) is 0 Å². The highest BCUT2D eigenvalue weighted by Gasteiger charge is 2.59. The lowest BCUT2D eigenvalue weighted by molar-refractivity contribution is -0.131. The minimum atomic E-state index is -0.277. The molecule has 4 heteroatoms. The number of hydrogen-bond donors (Lipinski definition) is 1. The highest BCUT2D eigenvalue weighted by atomic mass is 16.5. The summed E-state index contributed by atoms with van der Waals surface area (Å²) in [5.41, 5.74) is 2.13. The number of aryl methyl sites for hydroxylation is 1. The van der Waals surface area contributed by atoms with E-state index in [-0.39, 0.29) is 17.6 Å². The Morgan fingerprint density at radius 3 is 2.86 bits per heavy atom. The summed E-state index contributed by atoms with van der Waals surface area (Å²) >= 11 is 0. The number of carbonyl (C=O) groups excluding carboxylic acids is 1. The third-order valence-corrected chi connectivity index (χ3v) is 4.46. The first-order valence-electron chi connectivity index (χ1n) is 7.70. The molecule has 1 aromatic rings. The molecule has 2 fully saturated rings. The average molecular weight is 288 g/mol. The van der Waals surface area contributed by atoms with Gasteiger partial charge in [0, 0.05) is 13.7 Å². The van der Waals surface area contributed by atoms with E-state index in [2.05, 4.69) is 43.4 Å². The smallest absolute Gasteiger partial charge is 0.244 e. The zero-order valence-corrected chi connectivity index (χ0v) is 13.1. The molecular weight excluding hydrogens is 264 g/mol. The number of benzene rings is 1. The molecule has 0 aromatic heterocycles. The maximum atomic E-state index is 12.7. The standard InChI is InChI=1S/C17H24N2O2/c1-12-5-4-6-14(9-12)15-18-17(7-8-17)16(20)19(15)10-13(2)11-21-3/h4-6,9,13,15,18H,7-8,10-11H2,1-3H3. The maximum Gasteiger partial charge on any atom is 0.244 e. The van der Waals surface area contributed by atoms with Crippen LogP contribution in [0, 0.1) is 12.8 Å². The van der Waals surface area contributed by atoms with Gasteiger partial charge in [0.25, 0.3) is 0 Å². The molecule has 1 heterocycles. The molecule has 0 bridgehead atoms. The van der Waals surface area contributed by atoms with Crippen molar-refractivity contribution in [1.82, 2.24) is 10.2 Å². The third-order valence-electron chi connectivity index (χ3n) is 4.46. The first-order chi connectivity index (χ1) is 10.1. The van der Waals surface area contributed by atoms with Gasteiger partial charge in [-0.1, -0.05) is 36.8 Å². The second-order valence-corrected chi connectivity index (χ2v) is 6.56. The lowest BCUT2D eigenvalue weighted by Gasteiger charge is -2.27. The zero-order valence-electron chi connectivity index (χ0n) is 13.1. The molecule has 1 amide bonds. The van der Waals surface area contributed by atoms with Crippen molar-refractivity contribution < 1.29 is 9.53 Å². The number of hydrogen-bond acceptors (Lipinski definition) is 3. The van der Waals surface area contributed by atoms with E-state index >= 15 is 0 Å². The van der Waals surface area contributed by atoms with Crippen molar-refractivity contribution in [2.75, 3.05) is 20.3 Å². The predicted molar refractivity (Wildman–Crippen MR) is 81.8 cm³/mol. The van der Waals surface area contributed by atoms with E-state index in [4.69, 9.17) is 4.74 Å². The van der Waals surface area contributed by atoms with Crippen LogP contribution in [-0.2, 0) is 9.53 Å². The summed E-state index contributed by atoms with van der Waals surface area (Å²) in [4.78, 5) is 14.7. The monoisotopic (exact) mass is 288 g/mol. The third kappa shape index (κ3) is 2.70. The Morgan fingerprint density at radius 1 is 1.48 bits per heavy atom. The minimum Gasteiger partial charge on any atom is -0.384 e. The van der Waals surface area contributed by atoms with Crippen molar-refractivity contribution in [1.29, 1.82) is 0 Å². The van der Waals surface area contributed by atoms with Crippen LogP contribution in [0.4, 0.5) is 0 Å². The fraction of sp³-hybridized carbons (Fsp3) is 0.588. The van der Waals surface area contributed by atoms with Gasteiger partial charge in [0.15, 0.2) is 0 Å². The van der Waals surface area contributed by atoms with Gasteiger partial charge < -0.3 is 9.64 Å². The van der Waals surface area contributed by atoms with Gasteiger partial charge in [0.1, 0.15) is 11.7 Å². The molecule has 2 atom stereocenters. The number of amides is 1. The second kappa shape index (κ2) is 5.43. The van der Waals surface area contributed by atoms with Crippen LogP contribution in [-0.4, -0.2) is 36.6 Å². The predicted octanol–water partition coefficient (Wildman–Crippen LogP) is 2.24. The molecule has 1 saturated carbocycles. The lowest BCUT2D eigenvalue weighted by Crippen LogP contribution is -2.36. The molecule has 1 saturated heterocycles. The van der Waals surface area contributed by atoms with Crippen LogP contribution in [0.1, 0.15) is 37.1 Å². The number of ether oxygens (including phenoxy) is 1. The summed E-state index contributed by atoms with van der Waals surface area (Å²) in [6, 6.07) is 8.42. The van der Waals surface area contributed by atoms with Gasteiger partial charge in [-0.05, 0) is 31.2 Å². The minimum absolute atomic E-state index is 0.000735. The molecule has 4 nitrogen and oxygen atoms in total. The molecule has 1 aromatic carbocycles. The molecule has 21 heavy (non-hydrogen) atoms. The Balaban J connectivity index is 1.84. The number of methoxy groups -OCH3 is 1. The molecule has 1 spiro atoms. The molecule has 1 N–H and O–H groups in total. The fourth-order valence-electron chi connectivity index (χ4n) is 3.24. The van der Waals surface area contributed by atoms with Crippen molar-refractivity contribution in [3.63, 3.8) is 0 Å². The van der Waals surface area contributed by atoms with E-state index in [1.807, 2.05) is 4.90 Å². The molecule has 114 valence electrons. The van der Waals surface area contributed by atoms with E-state index in [1.54, 1.807) is 7.11 Å². The van der Waals surface area contributed by atoms with Gasteiger partial charge in [0.2, 0.25) is 5.91 Å². The SMILES string of the molecule is COCC(C)CN1C(=O)C2(CC2)NC1c1cccc(C)c1. The number of nitrogens with one attached hydrogen (secondary N) is 1. The zero-order chi connectivity index (χ0) is 15.0. The lowest BCUT2D eigenvalue weighted by atomic mass is 10.1. The Hall–Kier alpha value is -1.39. The summed E-state index contributed by atoms with van der Waals surface area (Å²) in [5, 5.41) is 3.57. The van der Waals surface area contributed by atoms with Crippen molar-refractivity contribution in [3.05, 3.63) is 35.4 Å². The van der Waals surface area contributed by atoms with Gasteiger partial charge >= 0.3 is 0 Å². The Bertz CT molecular complexity index is 539. The van der Waals surface area contributed by atoms with Crippen LogP contribution in [0.15, 0.2) is 24.3 Å². The van der Waals surface area contributed by atoms with Gasteiger partial charge in [-0.3, -0.25) is 10.1 Å². The van der Waals surface area contributed by atoms with E-state index < -0.39 is 0 Å². The highest BCUT2D eigenvalue weighted by Crippen LogP contribution is 2.46. The summed E-state index contributed by atoms with van der Waals surface area (Å²) < 4.78 is 5.22. The van der Waals surface area contributed by atoms with E-state index in [0.29, 0.717) is 12.5 Å². The van der Waals surface area contributed by atoms with E-state index in [0.717, 1.165) is 19.4 Å². The van der Waals surface area contributed by atoms with Crippen LogP contribution >= 0.6 is 0 Å². The topological polar surface area (TPSA) is 41.6 Å². The summed E-state index contributed by atoms with van der Waals surface area (Å²) in [6.07, 6.45) is 1.92. The summed E-state index contributed by atoms with van der Waals surface area (Å²) in [6.45, 7) is 5.63. The first-order valence-corrected chi connectivity index (χ1v) is 7.70. The van der Waals surface area contributed by atoms with Crippen LogP contribution in [0.25, 0.3) is 0 Å². The number of carbonyl (C=O) groups is 1. The molecule has 2 unspecified atom stereocenters. The van der Waals surface area contributed by atoms with E-state index in [9.17, 15) is 4.79 Å². The first kappa shape index (κ1) is 14.5. The van der Waals surface area contributed by atoms with Crippen molar-refractivity contribution in [2.45, 2.75) is 38.4 Å². The summed E-state index contributed by atoms with van der Waals surface area (Å²) in [7, 11) is 1.71. The molecule has 2 aliphatic rings. The van der Waals surface area contributed by atoms with Crippen LogP contribution in [0.5, 0.6) is 0 Å². The van der Waals surface area contributed by atoms with Crippen LogP contribution in [0.2, 0.25) is 0 Å². The van der Waals surface area contributed by atoms with Crippen molar-refractivity contribution in [2.24, 2.45) is 5.92 Å².